The molecule has 0 saturated carbocycles. The molecule has 0 aliphatic heterocycles. The molecule has 0 saturated heterocycles. The summed E-state index contributed by atoms with van der Waals surface area (Å²) in [6, 6.07) is 8.22. The molecule has 7 heteroatoms. The lowest BCUT2D eigenvalue weighted by Gasteiger charge is -2.16. The van der Waals surface area contributed by atoms with Crippen LogP contribution >= 0.6 is 0 Å². The minimum absolute atomic E-state index is 0.0240. The maximum atomic E-state index is 13.5. The first kappa shape index (κ1) is 18.8. The first-order valence-electron chi connectivity index (χ1n) is 7.55. The Morgan fingerprint density at radius 2 is 1.64 bits per heavy atom. The average molecular weight is 356 g/mol. The second-order valence-electron chi connectivity index (χ2n) is 5.16. The summed E-state index contributed by atoms with van der Waals surface area (Å²) < 4.78 is 61.1. The lowest BCUT2D eigenvalue weighted by molar-refractivity contribution is -0.139. The van der Waals surface area contributed by atoms with E-state index in [1.165, 1.54) is 24.3 Å². The molecule has 0 aliphatic carbocycles. The van der Waals surface area contributed by atoms with Gasteiger partial charge in [-0.3, -0.25) is 4.79 Å². The van der Waals surface area contributed by atoms with Crippen LogP contribution in [0.25, 0.3) is 11.1 Å². The molecule has 0 spiro atoms. The standard InChI is InChI=1S/C18H16F4O3/c1-2-24-16-9-12(11-23)3-5-14(16)15-6-4-13(19)10-17(15)25-8-7-18(20,21)22/h3-6,9-11H,2,7-8H2,1H3. The van der Waals surface area contributed by atoms with E-state index in [1.807, 2.05) is 0 Å². The van der Waals surface area contributed by atoms with Crippen molar-refractivity contribution < 1.29 is 31.8 Å². The first-order chi connectivity index (χ1) is 11.8. The fraction of sp³-hybridized carbons (Fsp3) is 0.278. The second kappa shape index (κ2) is 8.00. The van der Waals surface area contributed by atoms with Gasteiger partial charge in [-0.05, 0) is 31.2 Å². The molecule has 2 aromatic carbocycles. The maximum absolute atomic E-state index is 13.5. The van der Waals surface area contributed by atoms with Crippen molar-refractivity contribution in [3.05, 3.63) is 47.8 Å². The van der Waals surface area contributed by atoms with Crippen molar-refractivity contribution in [3.63, 3.8) is 0 Å². The Labute approximate surface area is 142 Å². The maximum Gasteiger partial charge on any atom is 0.392 e. The van der Waals surface area contributed by atoms with Crippen molar-refractivity contribution in [2.24, 2.45) is 0 Å². The van der Waals surface area contributed by atoms with Gasteiger partial charge in [0.15, 0.2) is 0 Å². The fourth-order valence-corrected chi connectivity index (χ4v) is 2.22. The van der Waals surface area contributed by atoms with Gasteiger partial charge in [-0.2, -0.15) is 13.2 Å². The van der Waals surface area contributed by atoms with E-state index < -0.39 is 25.0 Å². The molecule has 0 aromatic heterocycles. The Hall–Kier alpha value is -2.57. The number of hydrogen-bond donors (Lipinski definition) is 0. The van der Waals surface area contributed by atoms with Gasteiger partial charge in [-0.25, -0.2) is 4.39 Å². The minimum Gasteiger partial charge on any atom is -0.493 e. The van der Waals surface area contributed by atoms with Crippen molar-refractivity contribution in [1.82, 2.24) is 0 Å². The molecule has 0 radical (unpaired) electrons. The zero-order valence-electron chi connectivity index (χ0n) is 13.4. The molecule has 0 amide bonds. The Morgan fingerprint density at radius 3 is 2.24 bits per heavy atom. The number of hydrogen-bond acceptors (Lipinski definition) is 3. The molecule has 0 aliphatic rings. The van der Waals surface area contributed by atoms with Crippen LogP contribution in [0.2, 0.25) is 0 Å². The average Bonchev–Trinajstić information content (AvgIpc) is 2.54. The lowest BCUT2D eigenvalue weighted by Crippen LogP contribution is -2.13. The van der Waals surface area contributed by atoms with Crippen LogP contribution in [0.5, 0.6) is 11.5 Å². The van der Waals surface area contributed by atoms with Gasteiger partial charge in [0.1, 0.15) is 23.6 Å². The zero-order valence-corrected chi connectivity index (χ0v) is 13.4. The quantitative estimate of drug-likeness (QED) is 0.515. The van der Waals surface area contributed by atoms with E-state index in [4.69, 9.17) is 9.47 Å². The van der Waals surface area contributed by atoms with E-state index in [0.717, 1.165) is 6.07 Å². The predicted molar refractivity (Wildman–Crippen MR) is 84.6 cm³/mol. The van der Waals surface area contributed by atoms with E-state index >= 15 is 0 Å². The molecule has 0 unspecified atom stereocenters. The van der Waals surface area contributed by atoms with Gasteiger partial charge >= 0.3 is 6.18 Å². The minimum atomic E-state index is -4.37. The third kappa shape index (κ3) is 5.20. The third-order valence-electron chi connectivity index (χ3n) is 3.32. The normalized spacial score (nSPS) is 11.2. The lowest BCUT2D eigenvalue weighted by atomic mass is 10.0. The Balaban J connectivity index is 2.39. The number of carbonyl (C=O) groups is 1. The van der Waals surface area contributed by atoms with Crippen LogP contribution in [0.15, 0.2) is 36.4 Å². The molecule has 2 rings (SSSR count). The summed E-state index contributed by atoms with van der Waals surface area (Å²) in [5.41, 5.74) is 1.26. The monoisotopic (exact) mass is 356 g/mol. The van der Waals surface area contributed by atoms with Gasteiger partial charge in [-0.15, -0.1) is 0 Å². The van der Waals surface area contributed by atoms with Crippen molar-refractivity contribution >= 4 is 6.29 Å². The molecular formula is C18H16F4O3. The van der Waals surface area contributed by atoms with Crippen molar-refractivity contribution in [1.29, 1.82) is 0 Å². The molecular weight excluding hydrogens is 340 g/mol. The van der Waals surface area contributed by atoms with Crippen LogP contribution < -0.4 is 9.47 Å². The largest absolute Gasteiger partial charge is 0.493 e. The van der Waals surface area contributed by atoms with E-state index in [1.54, 1.807) is 13.0 Å². The summed E-state index contributed by atoms with van der Waals surface area (Å²) in [6.45, 7) is 1.44. The molecule has 134 valence electrons. The van der Waals surface area contributed by atoms with E-state index in [2.05, 4.69) is 0 Å². The number of aldehydes is 1. The van der Waals surface area contributed by atoms with Gasteiger partial charge in [0.05, 0.1) is 19.6 Å². The number of rotatable bonds is 7. The van der Waals surface area contributed by atoms with Crippen LogP contribution in [-0.4, -0.2) is 25.7 Å². The number of carbonyl (C=O) groups excluding carboxylic acids is 1. The van der Waals surface area contributed by atoms with Gasteiger partial charge < -0.3 is 9.47 Å². The van der Waals surface area contributed by atoms with Crippen molar-refractivity contribution in [3.8, 4) is 22.6 Å². The molecule has 2 aromatic rings. The Kier molecular flexibility index (Phi) is 6.01. The van der Waals surface area contributed by atoms with Crippen molar-refractivity contribution in [2.75, 3.05) is 13.2 Å². The number of benzene rings is 2. The molecule has 0 fully saturated rings. The van der Waals surface area contributed by atoms with E-state index in [0.29, 0.717) is 35.3 Å². The van der Waals surface area contributed by atoms with Crippen LogP contribution in [0.1, 0.15) is 23.7 Å². The van der Waals surface area contributed by atoms with Gasteiger partial charge in [0.2, 0.25) is 0 Å². The zero-order chi connectivity index (χ0) is 18.4. The van der Waals surface area contributed by atoms with Gasteiger partial charge in [-0.1, -0.05) is 6.07 Å². The molecule has 0 heterocycles. The van der Waals surface area contributed by atoms with E-state index in [-0.39, 0.29) is 5.75 Å². The summed E-state index contributed by atoms with van der Waals surface area (Å²) in [6.07, 6.45) is -4.86. The second-order valence-corrected chi connectivity index (χ2v) is 5.16. The van der Waals surface area contributed by atoms with Gasteiger partial charge in [0.25, 0.3) is 0 Å². The van der Waals surface area contributed by atoms with Crippen molar-refractivity contribution in [2.45, 2.75) is 19.5 Å². The number of ether oxygens (including phenoxy) is 2. The molecule has 0 atom stereocenters. The topological polar surface area (TPSA) is 35.5 Å². The fourth-order valence-electron chi connectivity index (χ4n) is 2.22. The Bertz CT molecular complexity index is 742. The summed E-state index contributed by atoms with van der Waals surface area (Å²) in [7, 11) is 0. The molecule has 3 nitrogen and oxygen atoms in total. The summed E-state index contributed by atoms with van der Waals surface area (Å²) in [5.74, 6) is -0.295. The SMILES string of the molecule is CCOc1cc(C=O)ccc1-c1ccc(F)cc1OCCC(F)(F)F. The predicted octanol–water partition coefficient (Wildman–Crippen LogP) is 5.04. The summed E-state index contributed by atoms with van der Waals surface area (Å²) in [4.78, 5) is 10.9. The number of halogens is 4. The summed E-state index contributed by atoms with van der Waals surface area (Å²) >= 11 is 0. The van der Waals surface area contributed by atoms with Crippen LogP contribution in [0, 0.1) is 5.82 Å². The Morgan fingerprint density at radius 1 is 1.00 bits per heavy atom. The van der Waals surface area contributed by atoms with Gasteiger partial charge in [0, 0.05) is 22.8 Å². The molecule has 0 N–H and O–H groups in total. The van der Waals surface area contributed by atoms with Crippen LogP contribution in [0.4, 0.5) is 17.6 Å². The third-order valence-corrected chi connectivity index (χ3v) is 3.32. The summed E-state index contributed by atoms with van der Waals surface area (Å²) in [5, 5.41) is 0. The highest BCUT2D eigenvalue weighted by Gasteiger charge is 2.27. The first-order valence-corrected chi connectivity index (χ1v) is 7.55. The number of alkyl halides is 3. The van der Waals surface area contributed by atoms with Crippen LogP contribution in [-0.2, 0) is 0 Å². The highest BCUT2D eigenvalue weighted by Crippen LogP contribution is 2.37. The highest BCUT2D eigenvalue weighted by atomic mass is 19.4. The molecule has 0 bridgehead atoms. The van der Waals surface area contributed by atoms with E-state index in [9.17, 15) is 22.4 Å². The molecule has 25 heavy (non-hydrogen) atoms. The smallest absolute Gasteiger partial charge is 0.392 e. The highest BCUT2D eigenvalue weighted by molar-refractivity contribution is 5.82. The van der Waals surface area contributed by atoms with Crippen LogP contribution in [0.3, 0.4) is 0 Å².